The molecular formula is C55H71BrN4O4Zn. The molecule has 3 N–H and O–H groups in total. The van der Waals surface area contributed by atoms with Gasteiger partial charge in [-0.1, -0.05) is 65.0 Å². The Kier molecular flexibility index (Phi) is 22.6. The third kappa shape index (κ3) is 15.5. The number of unbranched alkanes of at least 4 members (excludes halogenated alkanes) is 12. The quantitative estimate of drug-likeness (QED) is 0.0380. The third-order valence-corrected chi connectivity index (χ3v) is 13.8. The van der Waals surface area contributed by atoms with Crippen molar-refractivity contribution in [2.75, 3.05) is 26.4 Å². The first-order valence-corrected chi connectivity index (χ1v) is 26.5. The van der Waals surface area contributed by atoms with Crippen LogP contribution >= 0.6 is 15.9 Å². The van der Waals surface area contributed by atoms with E-state index in [0.29, 0.717) is 42.3 Å². The van der Waals surface area contributed by atoms with Crippen molar-refractivity contribution in [3.05, 3.63) is 130 Å². The van der Waals surface area contributed by atoms with E-state index >= 15 is 0 Å². The number of aliphatic imine (C=N–C) groups is 2. The van der Waals surface area contributed by atoms with E-state index in [0.717, 1.165) is 142 Å². The first-order valence-electron chi connectivity index (χ1n) is 24.3. The molecule has 2 aliphatic rings. The summed E-state index contributed by atoms with van der Waals surface area (Å²) in [5, 5.41) is 0. The fraction of sp³-hybridized carbons (Fsp3) is 0.436. The van der Waals surface area contributed by atoms with E-state index in [2.05, 4.69) is 97.7 Å². The van der Waals surface area contributed by atoms with Gasteiger partial charge in [0.2, 0.25) is 0 Å². The van der Waals surface area contributed by atoms with E-state index < -0.39 is 0 Å². The van der Waals surface area contributed by atoms with E-state index in [-0.39, 0.29) is 0 Å². The SMILES string of the molecule is C=C/C(N)=C(\Br)C1=N/C(=C(\c2ccc(C=C3C=CC([C](=[Zn])c4c(OCCCCCC)cccc4OCCCCCC)=N3)[nH]2)c2c(OCCCCCC)cccc2OCCCCCC)C=C1. The minimum absolute atomic E-state index is 0.515. The fourth-order valence-electron chi connectivity index (χ4n) is 7.71. The molecule has 0 radical (unpaired) electrons. The van der Waals surface area contributed by atoms with Gasteiger partial charge < -0.3 is 5.73 Å². The molecule has 0 aliphatic carbocycles. The Balaban J connectivity index is 1.52. The van der Waals surface area contributed by atoms with Crippen molar-refractivity contribution in [1.82, 2.24) is 4.98 Å². The summed E-state index contributed by atoms with van der Waals surface area (Å²) in [6, 6.07) is 16.5. The molecule has 0 bridgehead atoms. The van der Waals surface area contributed by atoms with Crippen LogP contribution in [0.1, 0.15) is 153 Å². The summed E-state index contributed by atoms with van der Waals surface area (Å²) in [5.74, 6) is 3.26. The first-order chi connectivity index (χ1) is 31.8. The second-order valence-corrected chi connectivity index (χ2v) is 18.9. The van der Waals surface area contributed by atoms with Crippen LogP contribution in [0.25, 0.3) is 11.6 Å². The fourth-order valence-corrected chi connectivity index (χ4v) is 9.24. The van der Waals surface area contributed by atoms with E-state index in [1.807, 2.05) is 36.4 Å². The van der Waals surface area contributed by atoms with Gasteiger partial charge in [-0.2, -0.15) is 0 Å². The molecule has 1 aromatic heterocycles. The summed E-state index contributed by atoms with van der Waals surface area (Å²) in [6.07, 6.45) is 30.0. The Bertz CT molecular complexity index is 2200. The zero-order chi connectivity index (χ0) is 46.2. The second-order valence-electron chi connectivity index (χ2n) is 16.7. The summed E-state index contributed by atoms with van der Waals surface area (Å²) in [7, 11) is 0. The molecule has 0 amide bonds. The molecular weight excluding hydrogens is 926 g/mol. The van der Waals surface area contributed by atoms with Crippen LogP contribution in [-0.2, 0) is 17.9 Å². The summed E-state index contributed by atoms with van der Waals surface area (Å²) in [5.41, 5.74) is 14.6. The van der Waals surface area contributed by atoms with Crippen molar-refractivity contribution in [2.45, 2.75) is 130 Å². The summed E-state index contributed by atoms with van der Waals surface area (Å²) in [4.78, 5) is 14.0. The molecule has 3 aromatic rings. The molecule has 3 heterocycles. The van der Waals surface area contributed by atoms with Crippen molar-refractivity contribution in [2.24, 2.45) is 15.7 Å². The Morgan fingerprint density at radius 3 is 1.57 bits per heavy atom. The maximum absolute atomic E-state index is 6.63. The molecule has 0 atom stereocenters. The van der Waals surface area contributed by atoms with Crippen LogP contribution in [0.15, 0.2) is 117 Å². The number of halogens is 1. The number of allylic oxidation sites excluding steroid dienone is 6. The van der Waals surface area contributed by atoms with Gasteiger partial charge >= 0.3 is 281 Å². The molecule has 0 spiro atoms. The molecule has 10 heteroatoms. The van der Waals surface area contributed by atoms with Gasteiger partial charge in [0.15, 0.2) is 0 Å². The number of H-pyrrole nitrogens is 1. The zero-order valence-electron chi connectivity index (χ0n) is 39.6. The predicted molar refractivity (Wildman–Crippen MR) is 274 cm³/mol. The van der Waals surface area contributed by atoms with Crippen LogP contribution in [-0.4, -0.2) is 46.9 Å². The van der Waals surface area contributed by atoms with E-state index in [4.69, 9.17) is 34.7 Å². The molecule has 2 aromatic carbocycles. The van der Waals surface area contributed by atoms with E-state index in [1.165, 1.54) is 51.4 Å². The number of ether oxygens (including phenoxy) is 4. The molecule has 344 valence electrons. The van der Waals surface area contributed by atoms with Crippen molar-refractivity contribution in [3.8, 4) is 23.0 Å². The predicted octanol–water partition coefficient (Wildman–Crippen LogP) is 14.5. The number of aromatic nitrogens is 1. The number of hydrogen-bond donors (Lipinski definition) is 2. The standard InChI is InChI=1S/C55H71BrN4O4.Zn/c1-6-11-15-19-35-61-49-25-23-26-50(62-36-20-16-12-7-2)44(49)40-43-30-29-41(58-43)39-42-31-32-46(59-42)53(47-33-34-48(60-47)55(56)45(57)10-5)54-51(63-37-21-17-13-8-3)27-24-28-52(54)64-38-22-18-14-9-4;/h10,23-34,39,59H,5-9,11-22,35-38,57H2,1-4H3;/b41-39?,53-47+,55-45+;. The van der Waals surface area contributed by atoms with Crippen LogP contribution in [0.2, 0.25) is 0 Å². The number of rotatable bonds is 31. The van der Waals surface area contributed by atoms with Crippen molar-refractivity contribution < 1.29 is 36.8 Å². The summed E-state index contributed by atoms with van der Waals surface area (Å²) >= 11 is 4.56. The number of nitrogens with one attached hydrogen (secondary N) is 1. The third-order valence-electron chi connectivity index (χ3n) is 11.4. The molecule has 2 aliphatic heterocycles. The Hall–Kier alpha value is -4.53. The number of nitrogens with zero attached hydrogens (tertiary/aromatic N) is 2. The van der Waals surface area contributed by atoms with Crippen molar-refractivity contribution in [3.63, 3.8) is 0 Å². The normalized spacial score (nSPS) is 15.0. The van der Waals surface area contributed by atoms with Crippen molar-refractivity contribution in [1.29, 1.82) is 0 Å². The first kappa shape index (κ1) is 51.5. The zero-order valence-corrected chi connectivity index (χ0v) is 44.2. The summed E-state index contributed by atoms with van der Waals surface area (Å²) in [6.45, 7) is 15.4. The monoisotopic (exact) mass is 994 g/mol. The number of nitrogens with two attached hydrogens (primary N) is 1. The van der Waals surface area contributed by atoms with Crippen LogP contribution in [0.4, 0.5) is 0 Å². The van der Waals surface area contributed by atoms with Gasteiger partial charge in [0, 0.05) is 5.70 Å². The molecule has 0 unspecified atom stereocenters. The van der Waals surface area contributed by atoms with Crippen LogP contribution < -0.4 is 24.7 Å². The second kappa shape index (κ2) is 28.5. The van der Waals surface area contributed by atoms with E-state index in [1.54, 1.807) is 6.08 Å². The van der Waals surface area contributed by atoms with Crippen LogP contribution in [0.5, 0.6) is 23.0 Å². The van der Waals surface area contributed by atoms with Gasteiger partial charge in [0.05, 0.1) is 17.7 Å². The maximum atomic E-state index is 6.63. The van der Waals surface area contributed by atoms with Crippen LogP contribution in [0.3, 0.4) is 0 Å². The number of benzene rings is 2. The summed E-state index contributed by atoms with van der Waals surface area (Å²) < 4.78 is 28.0. The number of hydrogen-bond acceptors (Lipinski definition) is 7. The van der Waals surface area contributed by atoms with Gasteiger partial charge in [-0.15, -0.1) is 0 Å². The molecule has 8 nitrogen and oxygen atoms in total. The minimum atomic E-state index is 0.515. The molecule has 0 saturated carbocycles. The van der Waals surface area contributed by atoms with Gasteiger partial charge in [0.25, 0.3) is 0 Å². The van der Waals surface area contributed by atoms with Gasteiger partial charge in [-0.25, -0.2) is 0 Å². The molecule has 0 fully saturated rings. The Morgan fingerprint density at radius 2 is 1.09 bits per heavy atom. The van der Waals surface area contributed by atoms with E-state index in [9.17, 15) is 0 Å². The van der Waals surface area contributed by atoms with Gasteiger partial charge in [-0.3, -0.25) is 0 Å². The van der Waals surface area contributed by atoms with Crippen LogP contribution in [0, 0.1) is 0 Å². The van der Waals surface area contributed by atoms with Gasteiger partial charge in [-0.05, 0) is 34.8 Å². The topological polar surface area (TPSA) is 103 Å². The molecule has 65 heavy (non-hydrogen) atoms. The average molecular weight is 997 g/mol. The Morgan fingerprint density at radius 1 is 0.615 bits per heavy atom. The Labute approximate surface area is 407 Å². The van der Waals surface area contributed by atoms with Gasteiger partial charge in [0.1, 0.15) is 0 Å². The molecule has 5 rings (SSSR count). The number of aromatic amines is 1. The molecule has 0 saturated heterocycles. The average Bonchev–Trinajstić information content (AvgIpc) is 4.12. The van der Waals surface area contributed by atoms with Crippen molar-refractivity contribution >= 4 is 43.1 Å².